The Morgan fingerprint density at radius 3 is 2.47 bits per heavy atom. The molecule has 4 nitrogen and oxygen atoms in total. The molecule has 0 bridgehead atoms. The molecule has 0 amide bonds. The summed E-state index contributed by atoms with van der Waals surface area (Å²) in [6.07, 6.45) is 1.44. The molecule has 0 aromatic heterocycles. The predicted molar refractivity (Wildman–Crippen MR) is 74.2 cm³/mol. The van der Waals surface area contributed by atoms with Crippen LogP contribution in [0.4, 0.5) is 0 Å². The van der Waals surface area contributed by atoms with E-state index in [0.717, 1.165) is 18.4 Å². The summed E-state index contributed by atoms with van der Waals surface area (Å²) in [5.41, 5.74) is 0.728. The van der Waals surface area contributed by atoms with Crippen molar-refractivity contribution in [1.82, 2.24) is 4.31 Å². The molecule has 1 saturated heterocycles. The molecule has 5 heteroatoms. The van der Waals surface area contributed by atoms with Crippen LogP contribution in [0.2, 0.25) is 0 Å². The fourth-order valence-corrected chi connectivity index (χ4v) is 4.03. The van der Waals surface area contributed by atoms with Crippen molar-refractivity contribution in [3.8, 4) is 0 Å². The van der Waals surface area contributed by atoms with Gasteiger partial charge in [0.25, 0.3) is 0 Å². The molecule has 1 heterocycles. The SMILES string of the molecule is CC1CCCN(S(=O)(=O)c2ccc(C(C)O)cc2)C1. The number of benzene rings is 1. The van der Waals surface area contributed by atoms with E-state index in [4.69, 9.17) is 0 Å². The molecule has 19 heavy (non-hydrogen) atoms. The fourth-order valence-electron chi connectivity index (χ4n) is 2.43. The highest BCUT2D eigenvalue weighted by Gasteiger charge is 2.28. The zero-order chi connectivity index (χ0) is 14.0. The summed E-state index contributed by atoms with van der Waals surface area (Å²) in [6.45, 7) is 4.94. The van der Waals surface area contributed by atoms with Crippen molar-refractivity contribution in [2.45, 2.75) is 37.7 Å². The van der Waals surface area contributed by atoms with E-state index in [1.807, 2.05) is 0 Å². The van der Waals surface area contributed by atoms with Gasteiger partial charge in [-0.05, 0) is 43.4 Å². The van der Waals surface area contributed by atoms with Crippen LogP contribution in [0, 0.1) is 5.92 Å². The molecule has 0 radical (unpaired) electrons. The maximum absolute atomic E-state index is 12.5. The lowest BCUT2D eigenvalue weighted by atomic mass is 10.0. The van der Waals surface area contributed by atoms with E-state index in [0.29, 0.717) is 23.9 Å². The third kappa shape index (κ3) is 3.16. The number of piperidine rings is 1. The van der Waals surface area contributed by atoms with Gasteiger partial charge in [-0.3, -0.25) is 0 Å². The van der Waals surface area contributed by atoms with E-state index in [2.05, 4.69) is 6.92 Å². The largest absolute Gasteiger partial charge is 0.389 e. The van der Waals surface area contributed by atoms with Crippen LogP contribution in [0.1, 0.15) is 38.4 Å². The average molecular weight is 283 g/mol. The molecule has 0 saturated carbocycles. The van der Waals surface area contributed by atoms with Crippen molar-refractivity contribution in [1.29, 1.82) is 0 Å². The summed E-state index contributed by atoms with van der Waals surface area (Å²) in [5.74, 6) is 0.417. The fraction of sp³-hybridized carbons (Fsp3) is 0.571. The van der Waals surface area contributed by atoms with Crippen LogP contribution in [-0.2, 0) is 10.0 Å². The topological polar surface area (TPSA) is 57.6 Å². The molecule has 106 valence electrons. The van der Waals surface area contributed by atoms with Gasteiger partial charge in [0, 0.05) is 13.1 Å². The maximum atomic E-state index is 12.5. The molecule has 1 aromatic carbocycles. The highest BCUT2D eigenvalue weighted by Crippen LogP contribution is 2.24. The smallest absolute Gasteiger partial charge is 0.243 e. The van der Waals surface area contributed by atoms with E-state index in [-0.39, 0.29) is 0 Å². The van der Waals surface area contributed by atoms with E-state index < -0.39 is 16.1 Å². The number of sulfonamides is 1. The van der Waals surface area contributed by atoms with Gasteiger partial charge >= 0.3 is 0 Å². The first-order valence-electron chi connectivity index (χ1n) is 6.69. The first-order valence-corrected chi connectivity index (χ1v) is 8.13. The van der Waals surface area contributed by atoms with Crippen molar-refractivity contribution < 1.29 is 13.5 Å². The van der Waals surface area contributed by atoms with Gasteiger partial charge in [-0.2, -0.15) is 4.31 Å². The quantitative estimate of drug-likeness (QED) is 0.925. The molecule has 2 atom stereocenters. The second kappa shape index (κ2) is 5.61. The first kappa shape index (κ1) is 14.5. The van der Waals surface area contributed by atoms with Gasteiger partial charge in [0.05, 0.1) is 11.0 Å². The van der Waals surface area contributed by atoms with Crippen LogP contribution in [-0.4, -0.2) is 30.9 Å². The summed E-state index contributed by atoms with van der Waals surface area (Å²) in [5, 5.41) is 9.44. The Morgan fingerprint density at radius 1 is 1.32 bits per heavy atom. The zero-order valence-corrected chi connectivity index (χ0v) is 12.2. The highest BCUT2D eigenvalue weighted by atomic mass is 32.2. The molecule has 1 aliphatic heterocycles. The second-order valence-corrected chi connectivity index (χ2v) is 7.29. The Balaban J connectivity index is 2.23. The van der Waals surface area contributed by atoms with Crippen molar-refractivity contribution in [2.75, 3.05) is 13.1 Å². The van der Waals surface area contributed by atoms with E-state index in [1.54, 1.807) is 35.5 Å². The van der Waals surface area contributed by atoms with Gasteiger partial charge < -0.3 is 5.11 Å². The van der Waals surface area contributed by atoms with Crippen LogP contribution in [0.25, 0.3) is 0 Å². The Hall–Kier alpha value is -0.910. The van der Waals surface area contributed by atoms with E-state index >= 15 is 0 Å². The number of aliphatic hydroxyl groups is 1. The molecule has 1 fully saturated rings. The van der Waals surface area contributed by atoms with Crippen LogP contribution >= 0.6 is 0 Å². The lowest BCUT2D eigenvalue weighted by Gasteiger charge is -2.30. The van der Waals surface area contributed by atoms with Gasteiger partial charge in [-0.25, -0.2) is 8.42 Å². The van der Waals surface area contributed by atoms with Gasteiger partial charge in [0.15, 0.2) is 0 Å². The third-order valence-electron chi connectivity index (χ3n) is 3.62. The van der Waals surface area contributed by atoms with Gasteiger partial charge in [0.2, 0.25) is 10.0 Å². The molecular formula is C14H21NO3S. The van der Waals surface area contributed by atoms with E-state index in [9.17, 15) is 13.5 Å². The summed E-state index contributed by atoms with van der Waals surface area (Å²) < 4.78 is 26.5. The molecule has 0 spiro atoms. The molecule has 1 aliphatic rings. The first-order chi connectivity index (χ1) is 8.91. The predicted octanol–water partition coefficient (Wildman–Crippen LogP) is 2.16. The summed E-state index contributed by atoms with van der Waals surface area (Å²) in [7, 11) is -3.39. The van der Waals surface area contributed by atoms with Crippen molar-refractivity contribution >= 4 is 10.0 Å². The normalized spacial score (nSPS) is 23.2. The van der Waals surface area contributed by atoms with Crippen molar-refractivity contribution in [3.05, 3.63) is 29.8 Å². The van der Waals surface area contributed by atoms with E-state index in [1.165, 1.54) is 0 Å². The minimum absolute atomic E-state index is 0.311. The van der Waals surface area contributed by atoms with Crippen LogP contribution < -0.4 is 0 Å². The van der Waals surface area contributed by atoms with Gasteiger partial charge in [-0.15, -0.1) is 0 Å². The van der Waals surface area contributed by atoms with Crippen LogP contribution in [0.3, 0.4) is 0 Å². The molecular weight excluding hydrogens is 262 g/mol. The maximum Gasteiger partial charge on any atom is 0.243 e. The Bertz CT molecular complexity index is 522. The van der Waals surface area contributed by atoms with Gasteiger partial charge in [0.1, 0.15) is 0 Å². The summed E-state index contributed by atoms with van der Waals surface area (Å²) >= 11 is 0. The average Bonchev–Trinajstić information content (AvgIpc) is 2.39. The standard InChI is InChI=1S/C14H21NO3S/c1-11-4-3-9-15(10-11)19(17,18)14-7-5-13(6-8-14)12(2)16/h5-8,11-12,16H,3-4,9-10H2,1-2H3. The molecule has 1 N–H and O–H groups in total. The highest BCUT2D eigenvalue weighted by molar-refractivity contribution is 7.89. The monoisotopic (exact) mass is 283 g/mol. The van der Waals surface area contributed by atoms with Gasteiger partial charge in [-0.1, -0.05) is 19.1 Å². The number of rotatable bonds is 3. The Kier molecular flexibility index (Phi) is 4.28. The number of aliphatic hydroxyl groups excluding tert-OH is 1. The van der Waals surface area contributed by atoms with Crippen LogP contribution in [0.15, 0.2) is 29.2 Å². The summed E-state index contributed by atoms with van der Waals surface area (Å²) in [4.78, 5) is 0.311. The molecule has 2 rings (SSSR count). The molecule has 2 unspecified atom stereocenters. The number of nitrogens with zero attached hydrogens (tertiary/aromatic N) is 1. The lowest BCUT2D eigenvalue weighted by Crippen LogP contribution is -2.39. The second-order valence-electron chi connectivity index (χ2n) is 5.36. The number of hydrogen-bond acceptors (Lipinski definition) is 3. The Morgan fingerprint density at radius 2 is 1.95 bits per heavy atom. The minimum Gasteiger partial charge on any atom is -0.389 e. The van der Waals surface area contributed by atoms with Crippen LogP contribution in [0.5, 0.6) is 0 Å². The minimum atomic E-state index is -3.39. The zero-order valence-electron chi connectivity index (χ0n) is 11.4. The van der Waals surface area contributed by atoms with Crippen molar-refractivity contribution in [3.63, 3.8) is 0 Å². The number of hydrogen-bond donors (Lipinski definition) is 1. The summed E-state index contributed by atoms with van der Waals surface area (Å²) in [6, 6.07) is 6.50. The lowest BCUT2D eigenvalue weighted by molar-refractivity contribution is 0.199. The molecule has 1 aromatic rings. The Labute approximate surface area is 115 Å². The molecule has 0 aliphatic carbocycles. The third-order valence-corrected chi connectivity index (χ3v) is 5.50. The van der Waals surface area contributed by atoms with Crippen molar-refractivity contribution in [2.24, 2.45) is 5.92 Å².